The van der Waals surface area contributed by atoms with Gasteiger partial charge in [-0.3, -0.25) is 10.00 Å². The maximum Gasteiger partial charge on any atom is 0.119 e. The number of aromatic nitrogens is 3. The predicted octanol–water partition coefficient (Wildman–Crippen LogP) is 3.85. The van der Waals surface area contributed by atoms with E-state index in [2.05, 4.69) is 57.1 Å². The van der Waals surface area contributed by atoms with Crippen LogP contribution in [0.3, 0.4) is 0 Å². The predicted molar refractivity (Wildman–Crippen MR) is 98.4 cm³/mol. The third-order valence-electron chi connectivity index (χ3n) is 5.11. The van der Waals surface area contributed by atoms with Crippen molar-refractivity contribution in [2.24, 2.45) is 0 Å². The minimum Gasteiger partial charge on any atom is -0.497 e. The third-order valence-corrected chi connectivity index (χ3v) is 5.11. The summed E-state index contributed by atoms with van der Waals surface area (Å²) >= 11 is 0. The average molecular weight is 336 g/mol. The Kier molecular flexibility index (Phi) is 4.32. The minimum absolute atomic E-state index is 0.455. The molecule has 0 bridgehead atoms. The van der Waals surface area contributed by atoms with Crippen LogP contribution < -0.4 is 4.74 Å². The molecule has 130 valence electrons. The zero-order valence-electron chi connectivity index (χ0n) is 14.8. The highest BCUT2D eigenvalue weighted by atomic mass is 16.5. The van der Waals surface area contributed by atoms with Crippen molar-refractivity contribution in [3.05, 3.63) is 60.0 Å². The molecule has 3 heterocycles. The first-order valence-corrected chi connectivity index (χ1v) is 8.86. The van der Waals surface area contributed by atoms with Gasteiger partial charge in [0.15, 0.2) is 0 Å². The summed E-state index contributed by atoms with van der Waals surface area (Å²) in [6.45, 7) is 5.26. The highest BCUT2D eigenvalue weighted by molar-refractivity contribution is 5.64. The number of ether oxygens (including phenoxy) is 1. The van der Waals surface area contributed by atoms with Gasteiger partial charge in [0.1, 0.15) is 5.75 Å². The van der Waals surface area contributed by atoms with Crippen LogP contribution in [-0.4, -0.2) is 33.3 Å². The fourth-order valence-electron chi connectivity index (χ4n) is 3.85. The first-order valence-electron chi connectivity index (χ1n) is 8.86. The summed E-state index contributed by atoms with van der Waals surface area (Å²) in [6.07, 6.45) is 5.25. The minimum atomic E-state index is 0.455. The van der Waals surface area contributed by atoms with Gasteiger partial charge in [-0.05, 0) is 30.7 Å². The van der Waals surface area contributed by atoms with E-state index in [9.17, 15) is 0 Å². The van der Waals surface area contributed by atoms with Gasteiger partial charge in [0.2, 0.25) is 0 Å². The largest absolute Gasteiger partial charge is 0.497 e. The summed E-state index contributed by atoms with van der Waals surface area (Å²) in [7, 11) is 1.70. The molecule has 0 fully saturated rings. The monoisotopic (exact) mass is 336 g/mol. The SMILES string of the molecule is CC[C@H]1c2cccn2CCN1Cc1cn[nH]c1-c1cccc(OC)c1. The Bertz CT molecular complexity index is 851. The van der Waals surface area contributed by atoms with Crippen molar-refractivity contribution < 1.29 is 4.74 Å². The smallest absolute Gasteiger partial charge is 0.119 e. The topological polar surface area (TPSA) is 46.1 Å². The van der Waals surface area contributed by atoms with E-state index in [1.165, 1.54) is 11.3 Å². The lowest BCUT2D eigenvalue weighted by Gasteiger charge is -2.36. The molecule has 0 amide bonds. The van der Waals surface area contributed by atoms with Gasteiger partial charge in [-0.2, -0.15) is 5.10 Å². The average Bonchev–Trinajstić information content (AvgIpc) is 3.31. The molecular formula is C20H24N4O. The summed E-state index contributed by atoms with van der Waals surface area (Å²) in [5, 5.41) is 7.48. The lowest BCUT2D eigenvalue weighted by atomic mass is 10.0. The van der Waals surface area contributed by atoms with Crippen molar-refractivity contribution in [2.75, 3.05) is 13.7 Å². The Morgan fingerprint density at radius 2 is 2.16 bits per heavy atom. The Morgan fingerprint density at radius 1 is 1.24 bits per heavy atom. The van der Waals surface area contributed by atoms with Gasteiger partial charge >= 0.3 is 0 Å². The second-order valence-electron chi connectivity index (χ2n) is 6.52. The number of aromatic amines is 1. The van der Waals surface area contributed by atoms with Crippen LogP contribution in [0.1, 0.15) is 30.6 Å². The van der Waals surface area contributed by atoms with Gasteiger partial charge < -0.3 is 9.30 Å². The number of H-pyrrole nitrogens is 1. The molecule has 0 aliphatic carbocycles. The van der Waals surface area contributed by atoms with Crippen LogP contribution in [0, 0.1) is 0 Å². The summed E-state index contributed by atoms with van der Waals surface area (Å²) < 4.78 is 7.74. The van der Waals surface area contributed by atoms with Crippen LogP contribution in [0.4, 0.5) is 0 Å². The summed E-state index contributed by atoms with van der Waals surface area (Å²) in [4.78, 5) is 2.56. The molecule has 0 saturated carbocycles. The van der Waals surface area contributed by atoms with Crippen molar-refractivity contribution in [2.45, 2.75) is 32.5 Å². The van der Waals surface area contributed by atoms with Crippen LogP contribution in [-0.2, 0) is 13.1 Å². The molecule has 2 aromatic heterocycles. The van der Waals surface area contributed by atoms with E-state index in [4.69, 9.17) is 4.74 Å². The van der Waals surface area contributed by atoms with Crippen molar-refractivity contribution in [1.82, 2.24) is 19.7 Å². The van der Waals surface area contributed by atoms with Crippen molar-refractivity contribution >= 4 is 0 Å². The molecule has 1 aliphatic heterocycles. The molecule has 4 rings (SSSR count). The summed E-state index contributed by atoms with van der Waals surface area (Å²) in [5.74, 6) is 0.861. The van der Waals surface area contributed by atoms with Crippen LogP contribution in [0.5, 0.6) is 5.75 Å². The normalized spacial score (nSPS) is 17.4. The molecule has 3 aromatic rings. The number of hydrogen-bond donors (Lipinski definition) is 1. The number of fused-ring (bicyclic) bond motifs is 1. The summed E-state index contributed by atoms with van der Waals surface area (Å²) in [6, 6.07) is 13.0. The number of benzene rings is 1. The molecule has 25 heavy (non-hydrogen) atoms. The number of hydrogen-bond acceptors (Lipinski definition) is 3. The van der Waals surface area contributed by atoms with Crippen LogP contribution in [0.25, 0.3) is 11.3 Å². The Labute approximate surface area is 148 Å². The fraction of sp³-hybridized carbons (Fsp3) is 0.350. The van der Waals surface area contributed by atoms with E-state index in [1.807, 2.05) is 18.3 Å². The van der Waals surface area contributed by atoms with E-state index < -0.39 is 0 Å². The summed E-state index contributed by atoms with van der Waals surface area (Å²) in [5.41, 5.74) is 4.84. The van der Waals surface area contributed by atoms with Crippen molar-refractivity contribution in [3.8, 4) is 17.0 Å². The highest BCUT2D eigenvalue weighted by Crippen LogP contribution is 2.32. The van der Waals surface area contributed by atoms with Crippen LogP contribution >= 0.6 is 0 Å². The van der Waals surface area contributed by atoms with Gasteiger partial charge in [-0.25, -0.2) is 0 Å². The lowest BCUT2D eigenvalue weighted by molar-refractivity contribution is 0.144. The van der Waals surface area contributed by atoms with Gasteiger partial charge in [-0.1, -0.05) is 19.1 Å². The van der Waals surface area contributed by atoms with E-state index in [-0.39, 0.29) is 0 Å². The molecule has 1 atom stereocenters. The highest BCUT2D eigenvalue weighted by Gasteiger charge is 2.26. The van der Waals surface area contributed by atoms with E-state index in [0.29, 0.717) is 6.04 Å². The number of nitrogens with one attached hydrogen (secondary N) is 1. The maximum absolute atomic E-state index is 5.36. The number of rotatable bonds is 5. The third kappa shape index (κ3) is 2.96. The Morgan fingerprint density at radius 3 is 3.00 bits per heavy atom. The molecule has 1 aromatic carbocycles. The van der Waals surface area contributed by atoms with Gasteiger partial charge in [-0.15, -0.1) is 0 Å². The first kappa shape index (κ1) is 16.0. The molecule has 5 nitrogen and oxygen atoms in total. The molecule has 0 spiro atoms. The standard InChI is InChI=1S/C20H24N4O/c1-3-18-19-8-5-9-23(19)10-11-24(18)14-16-13-21-22-20(16)15-6-4-7-17(12-15)25-2/h4-9,12-13,18H,3,10-11,14H2,1-2H3,(H,21,22)/t18-/m0/s1. The second kappa shape index (κ2) is 6.76. The molecule has 0 unspecified atom stereocenters. The van der Waals surface area contributed by atoms with Crippen LogP contribution in [0.15, 0.2) is 48.8 Å². The van der Waals surface area contributed by atoms with Crippen molar-refractivity contribution in [3.63, 3.8) is 0 Å². The molecule has 0 saturated heterocycles. The van der Waals surface area contributed by atoms with E-state index in [1.54, 1.807) is 7.11 Å². The van der Waals surface area contributed by atoms with Gasteiger partial charge in [0.05, 0.1) is 25.0 Å². The van der Waals surface area contributed by atoms with Gasteiger partial charge in [0, 0.05) is 42.7 Å². The molecule has 1 aliphatic rings. The Balaban J connectivity index is 1.61. The fourth-order valence-corrected chi connectivity index (χ4v) is 3.85. The number of methoxy groups -OCH3 is 1. The van der Waals surface area contributed by atoms with Gasteiger partial charge in [0.25, 0.3) is 0 Å². The quantitative estimate of drug-likeness (QED) is 0.770. The first-order chi connectivity index (χ1) is 12.3. The number of nitrogens with zero attached hydrogens (tertiary/aromatic N) is 3. The van der Waals surface area contributed by atoms with Crippen molar-refractivity contribution in [1.29, 1.82) is 0 Å². The van der Waals surface area contributed by atoms with E-state index in [0.717, 1.165) is 43.1 Å². The Hall–Kier alpha value is -2.53. The van der Waals surface area contributed by atoms with Crippen LogP contribution in [0.2, 0.25) is 0 Å². The lowest BCUT2D eigenvalue weighted by Crippen LogP contribution is -2.37. The van der Waals surface area contributed by atoms with E-state index >= 15 is 0 Å². The molecular weight excluding hydrogens is 312 g/mol. The molecule has 1 N–H and O–H groups in total. The zero-order valence-corrected chi connectivity index (χ0v) is 14.8. The molecule has 0 radical (unpaired) electrons. The zero-order chi connectivity index (χ0) is 17.2. The second-order valence-corrected chi connectivity index (χ2v) is 6.52. The maximum atomic E-state index is 5.36. The molecule has 5 heteroatoms.